The molecule has 0 aliphatic rings. The third-order valence-electron chi connectivity index (χ3n) is 1.92. The molecule has 2 aromatic rings. The average Bonchev–Trinajstić information content (AvgIpc) is 2.85. The van der Waals surface area contributed by atoms with Crippen molar-refractivity contribution < 1.29 is 4.74 Å². The Morgan fingerprint density at radius 2 is 2.47 bits per heavy atom. The molecule has 0 aliphatic carbocycles. The maximum absolute atomic E-state index is 5.56. The lowest BCUT2D eigenvalue weighted by atomic mass is 10.3. The third kappa shape index (κ3) is 1.89. The molecule has 0 saturated carbocycles. The van der Waals surface area contributed by atoms with E-state index in [9.17, 15) is 0 Å². The van der Waals surface area contributed by atoms with Crippen molar-refractivity contribution in [1.29, 1.82) is 0 Å². The minimum Gasteiger partial charge on any atom is -0.378 e. The van der Waals surface area contributed by atoms with Gasteiger partial charge in [0.25, 0.3) is 0 Å². The van der Waals surface area contributed by atoms with E-state index in [-0.39, 0.29) is 0 Å². The number of nitrogens with two attached hydrogens (primary N) is 1. The molecule has 2 N–H and O–H groups in total. The van der Waals surface area contributed by atoms with Crippen LogP contribution in [0.1, 0.15) is 11.4 Å². The van der Waals surface area contributed by atoms with Crippen LogP contribution in [0.4, 0.5) is 0 Å². The highest BCUT2D eigenvalue weighted by Crippen LogP contribution is 2.15. The van der Waals surface area contributed by atoms with Gasteiger partial charge in [-0.3, -0.25) is 0 Å². The molecule has 0 fully saturated rings. The van der Waals surface area contributed by atoms with Crippen molar-refractivity contribution in [2.24, 2.45) is 5.73 Å². The molecule has 0 spiro atoms. The number of aromatic nitrogens is 4. The second-order valence-corrected chi connectivity index (χ2v) is 3.72. The van der Waals surface area contributed by atoms with Gasteiger partial charge in [-0.25, -0.2) is 4.98 Å². The molecule has 0 atom stereocenters. The van der Waals surface area contributed by atoms with E-state index in [1.165, 1.54) is 11.3 Å². The van der Waals surface area contributed by atoms with Gasteiger partial charge in [0.15, 0.2) is 0 Å². The second kappa shape index (κ2) is 4.47. The van der Waals surface area contributed by atoms with E-state index in [0.717, 1.165) is 16.5 Å². The Bertz CT molecular complexity index is 424. The Morgan fingerprint density at radius 3 is 3.07 bits per heavy atom. The quantitative estimate of drug-likeness (QED) is 0.811. The summed E-state index contributed by atoms with van der Waals surface area (Å²) < 4.78 is 6.75. The van der Waals surface area contributed by atoms with Crippen molar-refractivity contribution in [3.8, 4) is 5.13 Å². The summed E-state index contributed by atoms with van der Waals surface area (Å²) in [6.07, 6.45) is 1.72. The van der Waals surface area contributed by atoms with Gasteiger partial charge in [-0.05, 0) is 0 Å². The number of methoxy groups -OCH3 is 1. The van der Waals surface area contributed by atoms with E-state index >= 15 is 0 Å². The first-order valence-electron chi connectivity index (χ1n) is 4.39. The number of ether oxygens (including phenoxy) is 1. The molecular formula is C8H11N5OS. The van der Waals surface area contributed by atoms with Crippen LogP contribution in [0.3, 0.4) is 0 Å². The van der Waals surface area contributed by atoms with Crippen LogP contribution in [0.15, 0.2) is 11.6 Å². The van der Waals surface area contributed by atoms with Gasteiger partial charge < -0.3 is 10.5 Å². The molecule has 0 radical (unpaired) electrons. The van der Waals surface area contributed by atoms with Gasteiger partial charge in [-0.2, -0.15) is 4.68 Å². The first-order chi connectivity index (χ1) is 7.36. The standard InChI is InChI=1S/C8H11N5OS/c1-14-5-7-6(4-9)11-12-13(7)8-10-2-3-15-8/h2-3H,4-5,9H2,1H3. The summed E-state index contributed by atoms with van der Waals surface area (Å²) in [5.41, 5.74) is 7.16. The van der Waals surface area contributed by atoms with Crippen molar-refractivity contribution >= 4 is 11.3 Å². The molecule has 0 aliphatic heterocycles. The zero-order valence-electron chi connectivity index (χ0n) is 8.25. The van der Waals surface area contributed by atoms with Crippen molar-refractivity contribution in [3.63, 3.8) is 0 Å². The van der Waals surface area contributed by atoms with E-state index in [4.69, 9.17) is 10.5 Å². The first-order valence-corrected chi connectivity index (χ1v) is 5.27. The van der Waals surface area contributed by atoms with Crippen LogP contribution < -0.4 is 5.73 Å². The Labute approximate surface area is 90.7 Å². The lowest BCUT2D eigenvalue weighted by Crippen LogP contribution is -2.06. The van der Waals surface area contributed by atoms with Gasteiger partial charge in [-0.1, -0.05) is 5.21 Å². The summed E-state index contributed by atoms with van der Waals surface area (Å²) in [5.74, 6) is 0. The second-order valence-electron chi connectivity index (χ2n) is 2.85. The number of hydrogen-bond acceptors (Lipinski definition) is 6. The van der Waals surface area contributed by atoms with Crippen LogP contribution in [-0.4, -0.2) is 27.1 Å². The third-order valence-corrected chi connectivity index (χ3v) is 2.67. The Hall–Kier alpha value is -1.31. The summed E-state index contributed by atoms with van der Waals surface area (Å²) in [7, 11) is 1.62. The molecule has 0 bridgehead atoms. The fraction of sp³-hybridized carbons (Fsp3) is 0.375. The van der Waals surface area contributed by atoms with Gasteiger partial charge >= 0.3 is 0 Å². The molecule has 0 amide bonds. The molecule has 7 heteroatoms. The van der Waals surface area contributed by atoms with Crippen LogP contribution >= 0.6 is 11.3 Å². The smallest absolute Gasteiger partial charge is 0.212 e. The normalized spacial score (nSPS) is 10.8. The van der Waals surface area contributed by atoms with E-state index < -0.39 is 0 Å². The van der Waals surface area contributed by atoms with Gasteiger partial charge in [0.1, 0.15) is 5.69 Å². The largest absolute Gasteiger partial charge is 0.378 e. The van der Waals surface area contributed by atoms with Crippen LogP contribution in [0.2, 0.25) is 0 Å². The summed E-state index contributed by atoms with van der Waals surface area (Å²) >= 11 is 1.49. The minimum atomic E-state index is 0.351. The lowest BCUT2D eigenvalue weighted by Gasteiger charge is -2.02. The van der Waals surface area contributed by atoms with Gasteiger partial charge in [0.2, 0.25) is 5.13 Å². The zero-order valence-corrected chi connectivity index (χ0v) is 9.07. The number of hydrogen-bond donors (Lipinski definition) is 1. The molecule has 2 rings (SSSR count). The highest BCUT2D eigenvalue weighted by Gasteiger charge is 2.13. The fourth-order valence-corrected chi connectivity index (χ4v) is 1.86. The molecule has 6 nitrogen and oxygen atoms in total. The summed E-state index contributed by atoms with van der Waals surface area (Å²) in [6.45, 7) is 0.781. The Kier molecular flexibility index (Phi) is 3.05. The topological polar surface area (TPSA) is 78.9 Å². The van der Waals surface area contributed by atoms with E-state index in [1.807, 2.05) is 5.38 Å². The highest BCUT2D eigenvalue weighted by molar-refractivity contribution is 7.12. The van der Waals surface area contributed by atoms with E-state index in [0.29, 0.717) is 13.2 Å². The van der Waals surface area contributed by atoms with Gasteiger partial charge in [0.05, 0.1) is 12.3 Å². The zero-order chi connectivity index (χ0) is 10.7. The van der Waals surface area contributed by atoms with Crippen molar-refractivity contribution in [1.82, 2.24) is 20.0 Å². The lowest BCUT2D eigenvalue weighted by molar-refractivity contribution is 0.178. The number of thiazole rings is 1. The summed E-state index contributed by atoms with van der Waals surface area (Å²) in [4.78, 5) is 4.16. The van der Waals surface area contributed by atoms with Crippen LogP contribution in [0, 0.1) is 0 Å². The van der Waals surface area contributed by atoms with Crippen LogP contribution in [0.25, 0.3) is 5.13 Å². The van der Waals surface area contributed by atoms with E-state index in [1.54, 1.807) is 18.0 Å². The maximum Gasteiger partial charge on any atom is 0.212 e. The fourth-order valence-electron chi connectivity index (χ4n) is 1.25. The molecule has 2 heterocycles. The van der Waals surface area contributed by atoms with E-state index in [2.05, 4.69) is 15.3 Å². The molecule has 0 unspecified atom stereocenters. The predicted octanol–water partition coefficient (Wildman–Crippen LogP) is 0.329. The van der Waals surface area contributed by atoms with Crippen molar-refractivity contribution in [2.45, 2.75) is 13.2 Å². The molecule has 80 valence electrons. The molecule has 15 heavy (non-hydrogen) atoms. The average molecular weight is 225 g/mol. The van der Waals surface area contributed by atoms with Crippen molar-refractivity contribution in [3.05, 3.63) is 23.0 Å². The highest BCUT2D eigenvalue weighted by atomic mass is 32.1. The molecule has 2 aromatic heterocycles. The van der Waals surface area contributed by atoms with Crippen molar-refractivity contribution in [2.75, 3.05) is 7.11 Å². The maximum atomic E-state index is 5.56. The van der Waals surface area contributed by atoms with Crippen LogP contribution in [-0.2, 0) is 17.9 Å². The van der Waals surface area contributed by atoms with Gasteiger partial charge in [-0.15, -0.1) is 16.4 Å². The minimum absolute atomic E-state index is 0.351. The number of rotatable bonds is 4. The van der Waals surface area contributed by atoms with Gasteiger partial charge in [0, 0.05) is 25.2 Å². The van der Waals surface area contributed by atoms with Crippen LogP contribution in [0.5, 0.6) is 0 Å². The molecule has 0 saturated heterocycles. The summed E-state index contributed by atoms with van der Waals surface area (Å²) in [5, 5.41) is 10.6. The predicted molar refractivity (Wildman–Crippen MR) is 55.6 cm³/mol. The molecule has 0 aromatic carbocycles. The Balaban J connectivity index is 2.43. The number of nitrogens with zero attached hydrogens (tertiary/aromatic N) is 4. The summed E-state index contributed by atoms with van der Waals surface area (Å²) in [6, 6.07) is 0. The SMILES string of the molecule is COCc1c(CN)nnn1-c1nccs1. The monoisotopic (exact) mass is 225 g/mol. The molecular weight excluding hydrogens is 214 g/mol. The Morgan fingerprint density at radius 1 is 1.60 bits per heavy atom. The first kappa shape index (κ1) is 10.2.